The lowest BCUT2D eigenvalue weighted by molar-refractivity contribution is -0.119. The number of aromatic nitrogens is 8. The molecule has 0 radical (unpaired) electrons. The van der Waals surface area contributed by atoms with Crippen molar-refractivity contribution in [3.05, 3.63) is 11.6 Å². The first-order valence-corrected chi connectivity index (χ1v) is 29.0. The SMILES string of the molecule is C.CB(O)CC(C)(C)C.CC(=O)CC(C)(C)C.CC(=O)Cn1nnc(CC(C)(C)C)n1.CC(=O)Cn1nnnc1CC(C)(C)C.CC(C)(C)CC1=NCN=N1.CC(C)(C)CP(C)(=O)O.CC(C)(C)CS(C)(=O)=O. The highest BCUT2D eigenvalue weighted by atomic mass is 32.2. The summed E-state index contributed by atoms with van der Waals surface area (Å²) in [6.07, 6.45) is 5.70. The van der Waals surface area contributed by atoms with E-state index in [1.807, 2.05) is 48.4 Å². The van der Waals surface area contributed by atoms with Crippen molar-refractivity contribution in [1.29, 1.82) is 0 Å². The van der Waals surface area contributed by atoms with Gasteiger partial charge in [-0.05, 0) is 80.6 Å². The first-order valence-electron chi connectivity index (χ1n) is 24.6. The van der Waals surface area contributed by atoms with Crippen molar-refractivity contribution in [2.24, 2.45) is 53.1 Å². The number of carbonyl (C=O) groups excluding carboxylic acids is 3. The molecule has 428 valence electrons. The molecule has 2 N–H and O–H groups in total. The van der Waals surface area contributed by atoms with Crippen LogP contribution in [0.5, 0.6) is 0 Å². The first kappa shape index (κ1) is 78.5. The van der Waals surface area contributed by atoms with Gasteiger partial charge in [0.2, 0.25) is 0 Å². The van der Waals surface area contributed by atoms with Crippen molar-refractivity contribution in [2.45, 2.75) is 226 Å². The van der Waals surface area contributed by atoms with Crippen LogP contribution in [-0.2, 0) is 54.7 Å². The quantitative estimate of drug-likeness (QED) is 0.157. The third-order valence-electron chi connectivity index (χ3n) is 7.55. The second-order valence-electron chi connectivity index (χ2n) is 27.5. The van der Waals surface area contributed by atoms with E-state index < -0.39 is 17.2 Å². The van der Waals surface area contributed by atoms with Gasteiger partial charge in [-0.3, -0.25) is 14.2 Å². The van der Waals surface area contributed by atoms with E-state index in [4.69, 9.17) is 9.92 Å². The van der Waals surface area contributed by atoms with Gasteiger partial charge in [0, 0.05) is 44.8 Å². The second-order valence-corrected chi connectivity index (χ2v) is 32.1. The maximum atomic E-state index is 10.9. The average molecular weight is 1080 g/mol. The lowest BCUT2D eigenvalue weighted by Crippen LogP contribution is -2.19. The van der Waals surface area contributed by atoms with Crippen molar-refractivity contribution in [1.82, 2.24) is 40.4 Å². The van der Waals surface area contributed by atoms with E-state index in [-0.39, 0.29) is 88.4 Å². The molecule has 1 atom stereocenters. The molecule has 22 heteroatoms. The van der Waals surface area contributed by atoms with E-state index in [2.05, 4.69) is 150 Å². The zero-order valence-corrected chi connectivity index (χ0v) is 52.0. The molecule has 1 unspecified atom stereocenters. The third-order valence-corrected chi connectivity index (χ3v) is 10.5. The van der Waals surface area contributed by atoms with Crippen LogP contribution in [0.25, 0.3) is 0 Å². The highest BCUT2D eigenvalue weighted by Gasteiger charge is 2.22. The number of carbonyl (C=O) groups is 3. The molecule has 0 fully saturated rings. The maximum Gasteiger partial charge on any atom is 0.286 e. The normalized spacial score (nSPS) is 13.5. The topological polar surface area (TPSA) is 267 Å². The number of Topliss-reactive ketones (excluding diaryl/α,β-unsaturated/α-hetero) is 3. The van der Waals surface area contributed by atoms with Crippen molar-refractivity contribution < 1.29 is 37.3 Å². The standard InChI is InChI=1S/2C9H16N4O.C7H13N3.C7H14O.C6H15BO.C6H15O2P.C6H14O2S.CH4/c1-7(14)6-13-8(10-11-12-13)5-9(2,3)4;1-7(14)6-13-11-8(10-12-13)5-9(2,3)4;1-7(2,3)4-6-8-5-9-10-6;1-6(8)5-7(2,3)4;1-6(2,3)5-7(4)8;2*1-6(2,3)5-9(4,7)8;/h2*5-6H2,1-4H3;4-5H2,1-3H3;5H2,1-4H3;8H,5H2,1-4H3;5H2,1-4H3,(H,7,8);5H2,1-4H3;1H4. The van der Waals surface area contributed by atoms with Crippen LogP contribution in [0.2, 0.25) is 13.1 Å². The summed E-state index contributed by atoms with van der Waals surface area (Å²) in [6, 6.07) is 0. The number of azo groups is 1. The van der Waals surface area contributed by atoms with Crippen LogP contribution in [0.4, 0.5) is 0 Å². The predicted molar refractivity (Wildman–Crippen MR) is 303 cm³/mol. The number of sulfone groups is 1. The Labute approximate surface area is 445 Å². The fraction of sp³-hybridized carbons (Fsp3) is 0.882. The Morgan fingerprint density at radius 1 is 0.658 bits per heavy atom. The summed E-state index contributed by atoms with van der Waals surface area (Å²) in [5.74, 6) is 2.99. The number of aliphatic imine (C=N–C) groups is 1. The molecule has 0 aliphatic carbocycles. The summed E-state index contributed by atoms with van der Waals surface area (Å²) >= 11 is 0. The van der Waals surface area contributed by atoms with Crippen LogP contribution in [0.3, 0.4) is 0 Å². The molecule has 73 heavy (non-hydrogen) atoms. The molecule has 0 spiro atoms. The van der Waals surface area contributed by atoms with Gasteiger partial charge in [0.25, 0.3) is 6.92 Å². The molecule has 19 nitrogen and oxygen atoms in total. The number of ketones is 3. The zero-order chi connectivity index (χ0) is 58.1. The predicted octanol–water partition coefficient (Wildman–Crippen LogP) is 11.2. The van der Waals surface area contributed by atoms with Crippen LogP contribution >= 0.6 is 7.37 Å². The van der Waals surface area contributed by atoms with Crippen molar-refractivity contribution >= 4 is 47.3 Å². The largest absolute Gasteiger partial charge is 0.451 e. The summed E-state index contributed by atoms with van der Waals surface area (Å²) in [5, 5.41) is 39.6. The van der Waals surface area contributed by atoms with Gasteiger partial charge in [-0.2, -0.15) is 9.91 Å². The van der Waals surface area contributed by atoms with E-state index >= 15 is 0 Å². The van der Waals surface area contributed by atoms with Gasteiger partial charge in [-0.25, -0.2) is 18.1 Å². The van der Waals surface area contributed by atoms with Gasteiger partial charge < -0.3 is 14.7 Å². The molecular formula is C51H107BN11O8PS. The van der Waals surface area contributed by atoms with E-state index in [9.17, 15) is 27.4 Å². The minimum absolute atomic E-state index is 0. The molecule has 3 rings (SSSR count). The van der Waals surface area contributed by atoms with Gasteiger partial charge in [-0.15, -0.1) is 20.4 Å². The average Bonchev–Trinajstić information content (AvgIpc) is 3.78. The Hall–Kier alpha value is -3.42. The highest BCUT2D eigenvalue weighted by molar-refractivity contribution is 7.90. The molecule has 1 aliphatic rings. The fourth-order valence-electron chi connectivity index (χ4n) is 6.37. The molecular weight excluding hydrogens is 968 g/mol. The van der Waals surface area contributed by atoms with Gasteiger partial charge in [0.1, 0.15) is 34.5 Å². The van der Waals surface area contributed by atoms with E-state index in [1.165, 1.54) is 31.6 Å². The van der Waals surface area contributed by atoms with Crippen molar-refractivity contribution in [3.8, 4) is 0 Å². The Balaban J connectivity index is -0.000000249. The lowest BCUT2D eigenvalue weighted by Gasteiger charge is -2.19. The van der Waals surface area contributed by atoms with E-state index in [1.54, 1.807) is 11.6 Å². The molecule has 2 aromatic rings. The van der Waals surface area contributed by atoms with Crippen LogP contribution in [0.1, 0.15) is 198 Å². The Morgan fingerprint density at radius 3 is 1.37 bits per heavy atom. The maximum absolute atomic E-state index is 10.9. The van der Waals surface area contributed by atoms with Crippen LogP contribution < -0.4 is 0 Å². The summed E-state index contributed by atoms with van der Waals surface area (Å²) in [5.41, 5.74) is 0.863. The third kappa shape index (κ3) is 66.6. The van der Waals surface area contributed by atoms with E-state index in [0.29, 0.717) is 25.1 Å². The highest BCUT2D eigenvalue weighted by Crippen LogP contribution is 2.41. The number of rotatable bonds is 11. The zero-order valence-electron chi connectivity index (χ0n) is 50.3. The summed E-state index contributed by atoms with van der Waals surface area (Å²) in [4.78, 5) is 46.5. The Bertz CT molecular complexity index is 2100. The number of nitrogens with zero attached hydrogens (tertiary/aromatic N) is 11. The molecule has 1 aliphatic heterocycles. The van der Waals surface area contributed by atoms with Crippen molar-refractivity contribution in [3.63, 3.8) is 0 Å². The molecule has 0 saturated carbocycles. The molecule has 0 aromatic carbocycles. The molecule has 2 aromatic heterocycles. The second kappa shape index (κ2) is 33.6. The molecule has 0 amide bonds. The van der Waals surface area contributed by atoms with Gasteiger partial charge >= 0.3 is 0 Å². The minimum atomic E-state index is -2.79. The number of hydrogen-bond acceptors (Lipinski definition) is 16. The smallest absolute Gasteiger partial charge is 0.286 e. The molecule has 3 heterocycles. The monoisotopic (exact) mass is 1080 g/mol. The summed E-state index contributed by atoms with van der Waals surface area (Å²) < 4.78 is 33.6. The number of amidine groups is 1. The van der Waals surface area contributed by atoms with Crippen LogP contribution in [-0.4, -0.2) is 120 Å². The Morgan fingerprint density at radius 2 is 1.12 bits per heavy atom. The van der Waals surface area contributed by atoms with Gasteiger partial charge in [0.05, 0.1) is 5.75 Å². The minimum Gasteiger partial charge on any atom is -0.451 e. The summed E-state index contributed by atoms with van der Waals surface area (Å²) in [6.45, 7) is 52.1. The van der Waals surface area contributed by atoms with Gasteiger partial charge in [-0.1, -0.05) is 160 Å². The van der Waals surface area contributed by atoms with Crippen molar-refractivity contribution in [2.75, 3.05) is 31.5 Å². The number of hydrogen-bond donors (Lipinski definition) is 2. The molecule has 0 saturated heterocycles. The number of tetrazole rings is 2. The Kier molecular flexibility index (Phi) is 36.1. The fourth-order valence-corrected chi connectivity index (χ4v) is 9.70. The van der Waals surface area contributed by atoms with E-state index in [0.717, 1.165) is 37.2 Å². The molecule has 0 bridgehead atoms. The van der Waals surface area contributed by atoms with Crippen LogP contribution in [0.15, 0.2) is 15.2 Å². The first-order chi connectivity index (χ1) is 31.6. The van der Waals surface area contributed by atoms with Gasteiger partial charge in [0.15, 0.2) is 37.3 Å². The lowest BCUT2D eigenvalue weighted by atomic mass is 9.60. The summed E-state index contributed by atoms with van der Waals surface area (Å²) in [7, 11) is -5.57. The van der Waals surface area contributed by atoms with Crippen LogP contribution in [0, 0.1) is 37.9 Å².